The molecule has 2 N–H and O–H groups in total. The van der Waals surface area contributed by atoms with E-state index >= 15 is 0 Å². The van der Waals surface area contributed by atoms with Crippen molar-refractivity contribution in [3.05, 3.63) is 71.5 Å². The Labute approximate surface area is 145 Å². The molecule has 25 heavy (non-hydrogen) atoms. The van der Waals surface area contributed by atoms with E-state index in [4.69, 9.17) is 5.26 Å². The molecule has 128 valence electrons. The number of carbonyl (C=O) groups is 2. The van der Waals surface area contributed by atoms with Crippen molar-refractivity contribution in [3.63, 3.8) is 0 Å². The number of nitrogens with one attached hydrogen (secondary N) is 2. The van der Waals surface area contributed by atoms with E-state index in [1.807, 2.05) is 36.4 Å². The molecule has 2 amide bonds. The summed E-state index contributed by atoms with van der Waals surface area (Å²) in [7, 11) is 0. The Morgan fingerprint density at radius 2 is 1.76 bits per heavy atom. The molecule has 0 heterocycles. The number of hydrogen-bond donors (Lipinski definition) is 2. The van der Waals surface area contributed by atoms with E-state index in [2.05, 4.69) is 10.6 Å². The number of hydrogen-bond acceptors (Lipinski definition) is 3. The van der Waals surface area contributed by atoms with E-state index < -0.39 is 23.7 Å². The van der Waals surface area contributed by atoms with Gasteiger partial charge in [-0.3, -0.25) is 9.59 Å². The van der Waals surface area contributed by atoms with E-state index in [1.165, 1.54) is 18.2 Å². The zero-order valence-corrected chi connectivity index (χ0v) is 13.5. The number of benzene rings is 2. The molecule has 6 heteroatoms. The lowest BCUT2D eigenvalue weighted by atomic mass is 10.0. The van der Waals surface area contributed by atoms with Crippen molar-refractivity contribution in [1.82, 2.24) is 10.6 Å². The number of rotatable bonds is 7. The van der Waals surface area contributed by atoms with Gasteiger partial charge in [0, 0.05) is 13.0 Å². The van der Waals surface area contributed by atoms with Gasteiger partial charge in [-0.1, -0.05) is 42.5 Å². The largest absolute Gasteiger partial charge is 0.353 e. The molecule has 0 aliphatic rings. The van der Waals surface area contributed by atoms with Gasteiger partial charge in [0.1, 0.15) is 11.9 Å². The first-order valence-corrected chi connectivity index (χ1v) is 7.86. The summed E-state index contributed by atoms with van der Waals surface area (Å²) in [4.78, 5) is 24.7. The Morgan fingerprint density at radius 1 is 1.08 bits per heavy atom. The molecule has 0 aliphatic carbocycles. The monoisotopic (exact) mass is 339 g/mol. The molecular formula is C19H18FN3O2. The van der Waals surface area contributed by atoms with E-state index in [-0.39, 0.29) is 24.9 Å². The van der Waals surface area contributed by atoms with Crippen LogP contribution in [-0.4, -0.2) is 24.4 Å². The molecule has 0 aliphatic heterocycles. The molecule has 1 unspecified atom stereocenters. The number of carbonyl (C=O) groups excluding carboxylic acids is 2. The minimum atomic E-state index is -0.867. The van der Waals surface area contributed by atoms with Gasteiger partial charge in [-0.05, 0) is 17.7 Å². The summed E-state index contributed by atoms with van der Waals surface area (Å²) in [5.41, 5.74) is 0.738. The Bertz CT molecular complexity index is 772. The number of amides is 2. The minimum absolute atomic E-state index is 0.120. The van der Waals surface area contributed by atoms with Crippen LogP contribution in [0.4, 0.5) is 4.39 Å². The van der Waals surface area contributed by atoms with E-state index in [1.54, 1.807) is 6.07 Å². The third-order valence-electron chi connectivity index (χ3n) is 3.56. The smallest absolute Gasteiger partial charge is 0.254 e. The average molecular weight is 339 g/mol. The second kappa shape index (κ2) is 9.18. The summed E-state index contributed by atoms with van der Waals surface area (Å²) in [5.74, 6) is -1.72. The topological polar surface area (TPSA) is 82.0 Å². The predicted octanol–water partition coefficient (Wildman–Crippen LogP) is 2.20. The van der Waals surface area contributed by atoms with Crippen molar-refractivity contribution in [2.24, 2.45) is 0 Å². The van der Waals surface area contributed by atoms with Gasteiger partial charge in [-0.25, -0.2) is 4.39 Å². The van der Waals surface area contributed by atoms with Crippen LogP contribution in [0.3, 0.4) is 0 Å². The van der Waals surface area contributed by atoms with Crippen LogP contribution in [0.5, 0.6) is 0 Å². The van der Waals surface area contributed by atoms with Crippen LogP contribution < -0.4 is 10.6 Å². The lowest BCUT2D eigenvalue weighted by Gasteiger charge is -2.18. The fourth-order valence-electron chi connectivity index (χ4n) is 2.31. The maximum atomic E-state index is 13.8. The first-order valence-electron chi connectivity index (χ1n) is 7.86. The molecule has 2 aromatic carbocycles. The minimum Gasteiger partial charge on any atom is -0.353 e. The Hall–Kier alpha value is -3.20. The number of nitriles is 1. The van der Waals surface area contributed by atoms with Crippen LogP contribution in [-0.2, 0) is 11.2 Å². The second-order valence-corrected chi connectivity index (χ2v) is 5.39. The highest BCUT2D eigenvalue weighted by atomic mass is 19.1. The van der Waals surface area contributed by atoms with Gasteiger partial charge in [0.25, 0.3) is 5.91 Å². The SMILES string of the molecule is N#CCCNC(=O)C(Cc1ccccc1)NC(=O)c1ccccc1F. The molecule has 0 spiro atoms. The standard InChI is InChI=1S/C19H18FN3O2/c20-16-10-5-4-9-15(16)18(24)23-17(19(25)22-12-6-11-21)13-14-7-2-1-3-8-14/h1-5,7-10,17H,6,12-13H2,(H,22,25)(H,23,24). The van der Waals surface area contributed by atoms with Crippen molar-refractivity contribution in [3.8, 4) is 6.07 Å². The molecule has 2 rings (SSSR count). The molecule has 5 nitrogen and oxygen atoms in total. The van der Waals surface area contributed by atoms with E-state index in [9.17, 15) is 14.0 Å². The van der Waals surface area contributed by atoms with Crippen molar-refractivity contribution < 1.29 is 14.0 Å². The second-order valence-electron chi connectivity index (χ2n) is 5.39. The summed E-state index contributed by atoms with van der Waals surface area (Å²) >= 11 is 0. The molecule has 0 bridgehead atoms. The van der Waals surface area contributed by atoms with Gasteiger partial charge >= 0.3 is 0 Å². The maximum Gasteiger partial charge on any atom is 0.254 e. The first-order chi connectivity index (χ1) is 12.1. The molecule has 0 fully saturated rings. The highest BCUT2D eigenvalue weighted by Crippen LogP contribution is 2.08. The third-order valence-corrected chi connectivity index (χ3v) is 3.56. The van der Waals surface area contributed by atoms with Gasteiger partial charge in [0.05, 0.1) is 18.1 Å². The van der Waals surface area contributed by atoms with E-state index in [0.29, 0.717) is 0 Å². The zero-order valence-electron chi connectivity index (χ0n) is 13.5. The zero-order chi connectivity index (χ0) is 18.1. The molecule has 0 saturated heterocycles. The third kappa shape index (κ3) is 5.43. The normalized spacial score (nSPS) is 11.2. The molecule has 1 atom stereocenters. The summed E-state index contributed by atoms with van der Waals surface area (Å²) in [6.07, 6.45) is 0.435. The fraction of sp³-hybridized carbons (Fsp3) is 0.211. The Balaban J connectivity index is 2.13. The van der Waals surface area contributed by atoms with Crippen LogP contribution in [0.2, 0.25) is 0 Å². The Kier molecular flexibility index (Phi) is 6.66. The molecule has 0 saturated carbocycles. The van der Waals surface area contributed by atoms with Gasteiger partial charge in [-0.2, -0.15) is 5.26 Å². The quantitative estimate of drug-likeness (QED) is 0.759. The van der Waals surface area contributed by atoms with Gasteiger partial charge < -0.3 is 10.6 Å². The highest BCUT2D eigenvalue weighted by molar-refractivity contribution is 5.97. The van der Waals surface area contributed by atoms with Gasteiger partial charge in [-0.15, -0.1) is 0 Å². The predicted molar refractivity (Wildman–Crippen MR) is 91.0 cm³/mol. The van der Waals surface area contributed by atoms with Crippen LogP contribution in [0, 0.1) is 17.1 Å². The lowest BCUT2D eigenvalue weighted by Crippen LogP contribution is -2.48. The summed E-state index contributed by atoms with van der Waals surface area (Å²) in [5, 5.41) is 13.7. The molecule has 0 aromatic heterocycles. The molecule has 2 aromatic rings. The Morgan fingerprint density at radius 3 is 2.44 bits per heavy atom. The van der Waals surface area contributed by atoms with E-state index in [0.717, 1.165) is 5.56 Å². The lowest BCUT2D eigenvalue weighted by molar-refractivity contribution is -0.122. The van der Waals surface area contributed by atoms with Crippen molar-refractivity contribution >= 4 is 11.8 Å². The average Bonchev–Trinajstić information content (AvgIpc) is 2.62. The van der Waals surface area contributed by atoms with Crippen LogP contribution in [0.15, 0.2) is 54.6 Å². The molecular weight excluding hydrogens is 321 g/mol. The summed E-state index contributed by atoms with van der Waals surface area (Å²) < 4.78 is 13.8. The fourth-order valence-corrected chi connectivity index (χ4v) is 2.31. The van der Waals surface area contributed by atoms with Crippen molar-refractivity contribution in [2.45, 2.75) is 18.9 Å². The first kappa shape index (κ1) is 18.1. The van der Waals surface area contributed by atoms with Crippen LogP contribution in [0.1, 0.15) is 22.3 Å². The van der Waals surface area contributed by atoms with Crippen LogP contribution >= 0.6 is 0 Å². The van der Waals surface area contributed by atoms with Crippen LogP contribution in [0.25, 0.3) is 0 Å². The van der Waals surface area contributed by atoms with Gasteiger partial charge in [0.2, 0.25) is 5.91 Å². The van der Waals surface area contributed by atoms with Gasteiger partial charge in [0.15, 0.2) is 0 Å². The van der Waals surface area contributed by atoms with Crippen molar-refractivity contribution in [2.75, 3.05) is 6.54 Å². The highest BCUT2D eigenvalue weighted by Gasteiger charge is 2.22. The maximum absolute atomic E-state index is 13.8. The van der Waals surface area contributed by atoms with Crippen molar-refractivity contribution in [1.29, 1.82) is 5.26 Å². The number of nitrogens with zero attached hydrogens (tertiary/aromatic N) is 1. The summed E-state index contributed by atoms with van der Waals surface area (Å²) in [6.45, 7) is 0.191. The molecule has 0 radical (unpaired) electrons. The number of halogens is 1. The summed E-state index contributed by atoms with van der Waals surface area (Å²) in [6, 6.07) is 15.8.